The van der Waals surface area contributed by atoms with Crippen molar-refractivity contribution < 1.29 is 9.53 Å². The molecule has 150 valence electrons. The molecule has 0 aromatic heterocycles. The third-order valence-electron chi connectivity index (χ3n) is 5.43. The summed E-state index contributed by atoms with van der Waals surface area (Å²) in [6, 6.07) is 24.7. The fraction of sp³-hybridized carbons (Fsp3) is 0.167. The van der Waals surface area contributed by atoms with Crippen LogP contribution in [0.1, 0.15) is 29.8 Å². The van der Waals surface area contributed by atoms with Crippen molar-refractivity contribution in [1.29, 1.82) is 0 Å². The van der Waals surface area contributed by atoms with Gasteiger partial charge in [-0.2, -0.15) is 5.10 Å². The first-order chi connectivity index (χ1) is 14.4. The van der Waals surface area contributed by atoms with Crippen molar-refractivity contribution in [3.63, 3.8) is 0 Å². The molecule has 0 saturated carbocycles. The van der Waals surface area contributed by atoms with Crippen molar-refractivity contribution in [2.24, 2.45) is 5.10 Å². The fourth-order valence-electron chi connectivity index (χ4n) is 3.97. The van der Waals surface area contributed by atoms with Crippen molar-refractivity contribution in [3.05, 3.63) is 95.0 Å². The van der Waals surface area contributed by atoms with Crippen LogP contribution in [0.5, 0.6) is 5.75 Å². The van der Waals surface area contributed by atoms with Crippen LogP contribution in [0.4, 0.5) is 5.69 Å². The number of Topliss-reactive ketones (excluding diaryl/α,β-unsaturated/α-hetero) is 1. The van der Waals surface area contributed by atoms with Gasteiger partial charge in [-0.05, 0) is 44.2 Å². The van der Waals surface area contributed by atoms with Crippen LogP contribution in [0.3, 0.4) is 0 Å². The second kappa shape index (κ2) is 6.89. The van der Waals surface area contributed by atoms with Crippen molar-refractivity contribution in [3.8, 4) is 5.75 Å². The van der Waals surface area contributed by atoms with E-state index in [-0.39, 0.29) is 5.78 Å². The van der Waals surface area contributed by atoms with E-state index < -0.39 is 10.5 Å². The predicted octanol–water partition coefficient (Wildman–Crippen LogP) is 6.01. The molecule has 0 aliphatic carbocycles. The van der Waals surface area contributed by atoms with Gasteiger partial charge in [0.15, 0.2) is 0 Å². The van der Waals surface area contributed by atoms with E-state index in [0.29, 0.717) is 16.3 Å². The van der Waals surface area contributed by atoms with E-state index >= 15 is 0 Å². The van der Waals surface area contributed by atoms with Crippen LogP contribution in [0.15, 0.2) is 84.0 Å². The summed E-state index contributed by atoms with van der Waals surface area (Å²) in [6.07, 6.45) is 0. The molecule has 2 heterocycles. The molecule has 2 aliphatic heterocycles. The molecule has 0 amide bonds. The van der Waals surface area contributed by atoms with Gasteiger partial charge in [0.1, 0.15) is 16.4 Å². The van der Waals surface area contributed by atoms with Gasteiger partial charge in [-0.15, -0.1) is 0 Å². The molecule has 2 aliphatic rings. The van der Waals surface area contributed by atoms with Gasteiger partial charge in [0, 0.05) is 10.6 Å². The quantitative estimate of drug-likeness (QED) is 0.495. The van der Waals surface area contributed by atoms with E-state index in [1.54, 1.807) is 5.01 Å². The number of halogens is 1. The van der Waals surface area contributed by atoms with Crippen LogP contribution in [-0.2, 0) is 0 Å². The van der Waals surface area contributed by atoms with Crippen molar-refractivity contribution in [2.45, 2.75) is 24.3 Å². The molecule has 5 rings (SSSR count). The van der Waals surface area contributed by atoms with Gasteiger partial charge in [0.2, 0.25) is 10.7 Å². The molecule has 4 nitrogen and oxygen atoms in total. The first-order valence-electron chi connectivity index (χ1n) is 9.64. The van der Waals surface area contributed by atoms with E-state index in [1.165, 1.54) is 11.8 Å². The van der Waals surface area contributed by atoms with E-state index in [0.717, 1.165) is 16.3 Å². The molecule has 3 aromatic rings. The summed E-state index contributed by atoms with van der Waals surface area (Å²) in [5, 5.41) is 8.05. The highest BCUT2D eigenvalue weighted by molar-refractivity contribution is 8.16. The SMILES string of the molecule is CC1(C)Oc2ccccc2C(=O)C12SC(c1ccccc1)=NN2c1cccc(Cl)c1. The molecule has 0 fully saturated rings. The molecule has 3 aromatic carbocycles. The first kappa shape index (κ1) is 19.2. The first-order valence-corrected chi connectivity index (χ1v) is 10.8. The number of ether oxygens (including phenoxy) is 1. The maximum absolute atomic E-state index is 14.1. The predicted molar refractivity (Wildman–Crippen MR) is 123 cm³/mol. The maximum Gasteiger partial charge on any atom is 0.216 e. The van der Waals surface area contributed by atoms with E-state index in [9.17, 15) is 4.79 Å². The zero-order valence-electron chi connectivity index (χ0n) is 16.5. The number of thioether (sulfide) groups is 1. The second-order valence-corrected chi connectivity index (χ2v) is 9.36. The fourth-order valence-corrected chi connectivity index (χ4v) is 5.54. The smallest absolute Gasteiger partial charge is 0.216 e. The minimum Gasteiger partial charge on any atom is -0.483 e. The van der Waals surface area contributed by atoms with Crippen LogP contribution < -0.4 is 9.75 Å². The Balaban J connectivity index is 1.74. The van der Waals surface area contributed by atoms with Crippen LogP contribution >= 0.6 is 23.4 Å². The third-order valence-corrected chi connectivity index (χ3v) is 7.32. The number of hydrogen-bond donors (Lipinski definition) is 0. The number of nitrogens with zero attached hydrogens (tertiary/aromatic N) is 2. The van der Waals surface area contributed by atoms with Gasteiger partial charge < -0.3 is 4.74 Å². The van der Waals surface area contributed by atoms with E-state index in [2.05, 4.69) is 0 Å². The standard InChI is InChI=1S/C24H19ClN2O2S/c1-23(2)24(21(28)19-13-6-7-14-20(19)29-23)27(18-12-8-11-17(25)15-18)26-22(30-24)16-9-4-3-5-10-16/h3-15H,1-2H3. The maximum atomic E-state index is 14.1. The molecule has 0 N–H and O–H groups in total. The molecule has 1 atom stereocenters. The lowest BCUT2D eigenvalue weighted by Crippen LogP contribution is -2.66. The van der Waals surface area contributed by atoms with E-state index in [1.807, 2.05) is 92.7 Å². The summed E-state index contributed by atoms with van der Waals surface area (Å²) in [4.78, 5) is 12.9. The van der Waals surface area contributed by atoms with Gasteiger partial charge in [-0.25, -0.2) is 5.01 Å². The average molecular weight is 435 g/mol. The number of hydrazone groups is 1. The van der Waals surface area contributed by atoms with Crippen molar-refractivity contribution in [1.82, 2.24) is 0 Å². The Hall–Kier alpha value is -2.76. The Morgan fingerprint density at radius 1 is 0.967 bits per heavy atom. The molecular formula is C24H19ClN2O2S. The molecule has 0 saturated heterocycles. The molecular weight excluding hydrogens is 416 g/mol. The number of ketones is 1. The highest BCUT2D eigenvalue weighted by atomic mass is 35.5. The summed E-state index contributed by atoms with van der Waals surface area (Å²) in [6.45, 7) is 3.88. The normalized spacial score (nSPS) is 21.9. The largest absolute Gasteiger partial charge is 0.483 e. The third kappa shape index (κ3) is 2.76. The zero-order chi connectivity index (χ0) is 20.9. The topological polar surface area (TPSA) is 41.9 Å². The Morgan fingerprint density at radius 2 is 1.70 bits per heavy atom. The minimum absolute atomic E-state index is 0.0333. The van der Waals surface area contributed by atoms with Gasteiger partial charge >= 0.3 is 0 Å². The number of benzene rings is 3. The lowest BCUT2D eigenvalue weighted by molar-refractivity contribution is 0.0392. The summed E-state index contributed by atoms with van der Waals surface area (Å²) in [7, 11) is 0. The van der Waals surface area contributed by atoms with Crippen LogP contribution in [0, 0.1) is 0 Å². The number of anilines is 1. The Labute approximate surface area is 184 Å². The lowest BCUT2D eigenvalue weighted by Gasteiger charge is -2.49. The summed E-state index contributed by atoms with van der Waals surface area (Å²) >= 11 is 7.73. The van der Waals surface area contributed by atoms with Crippen LogP contribution in [0.2, 0.25) is 5.02 Å². The molecule has 6 heteroatoms. The second-order valence-electron chi connectivity index (χ2n) is 7.75. The number of fused-ring (bicyclic) bond motifs is 1. The van der Waals surface area contributed by atoms with Gasteiger partial charge in [-0.1, -0.05) is 71.9 Å². The Morgan fingerprint density at radius 3 is 2.47 bits per heavy atom. The van der Waals surface area contributed by atoms with Crippen LogP contribution in [0.25, 0.3) is 0 Å². The monoisotopic (exact) mass is 434 g/mol. The minimum atomic E-state index is -1.11. The van der Waals surface area contributed by atoms with Gasteiger partial charge in [0.05, 0.1) is 11.3 Å². The number of rotatable bonds is 2. The summed E-state index contributed by atoms with van der Waals surface area (Å²) in [5.74, 6) is 0.562. The zero-order valence-corrected chi connectivity index (χ0v) is 18.1. The highest BCUT2D eigenvalue weighted by Gasteiger charge is 2.65. The molecule has 1 unspecified atom stereocenters. The Kier molecular flexibility index (Phi) is 4.42. The number of para-hydroxylation sites is 1. The summed E-state index contributed by atoms with van der Waals surface area (Å²) in [5.41, 5.74) is 1.38. The molecule has 1 spiro atoms. The number of hydrogen-bond acceptors (Lipinski definition) is 5. The molecule has 30 heavy (non-hydrogen) atoms. The van der Waals surface area contributed by atoms with Gasteiger partial charge in [0.25, 0.3) is 0 Å². The Bertz CT molecular complexity index is 1180. The number of carbonyl (C=O) groups excluding carboxylic acids is 1. The number of carbonyl (C=O) groups is 1. The van der Waals surface area contributed by atoms with Crippen molar-refractivity contribution >= 4 is 39.9 Å². The van der Waals surface area contributed by atoms with Crippen LogP contribution in [-0.4, -0.2) is 21.3 Å². The lowest BCUT2D eigenvalue weighted by atomic mass is 9.85. The average Bonchev–Trinajstić information content (AvgIpc) is 3.16. The van der Waals surface area contributed by atoms with Crippen molar-refractivity contribution in [2.75, 3.05) is 5.01 Å². The van der Waals surface area contributed by atoms with Gasteiger partial charge in [-0.3, -0.25) is 4.79 Å². The van der Waals surface area contributed by atoms with E-state index in [4.69, 9.17) is 21.4 Å². The summed E-state index contributed by atoms with van der Waals surface area (Å²) < 4.78 is 6.40. The molecule has 0 radical (unpaired) electrons. The molecule has 0 bridgehead atoms. The highest BCUT2D eigenvalue weighted by Crippen LogP contribution is 2.54.